The molecule has 0 heterocycles. The molecule has 1 aromatic rings. The van der Waals surface area contributed by atoms with Gasteiger partial charge in [-0.05, 0) is 25.6 Å². The number of benzene rings is 1. The highest BCUT2D eigenvalue weighted by Crippen LogP contribution is 1.93. The van der Waals surface area contributed by atoms with Crippen LogP contribution in [0.3, 0.4) is 0 Å². The Labute approximate surface area is 185 Å². The lowest BCUT2D eigenvalue weighted by Crippen LogP contribution is -2.30. The van der Waals surface area contributed by atoms with Crippen LogP contribution in [0.15, 0.2) is 30.3 Å². The van der Waals surface area contributed by atoms with Crippen molar-refractivity contribution in [2.45, 2.75) is 39.7 Å². The molecular formula is C17H31N5O8S. The van der Waals surface area contributed by atoms with E-state index in [0.29, 0.717) is 0 Å². The number of aliphatic carboxylic acids is 4. The SMILES string of the molecule is CC(=O)O.CC(=O)O.Cc1ccccc1.N=C=S.NNN.N[C@@H](CCC(=O)O)C(=O)O. The van der Waals surface area contributed by atoms with Gasteiger partial charge < -0.3 is 26.2 Å². The van der Waals surface area contributed by atoms with Crippen molar-refractivity contribution < 1.29 is 39.6 Å². The van der Waals surface area contributed by atoms with E-state index in [4.69, 9.17) is 41.2 Å². The maximum Gasteiger partial charge on any atom is 0.320 e. The summed E-state index contributed by atoms with van der Waals surface area (Å²) < 4.78 is 0. The number of nitrogens with two attached hydrogens (primary N) is 3. The van der Waals surface area contributed by atoms with Gasteiger partial charge in [-0.2, -0.15) is 5.53 Å². The highest BCUT2D eigenvalue weighted by atomic mass is 32.1. The Hall–Kier alpha value is -3.26. The number of rotatable bonds is 4. The van der Waals surface area contributed by atoms with Crippen molar-refractivity contribution in [2.24, 2.45) is 17.4 Å². The lowest BCUT2D eigenvalue weighted by molar-refractivity contribution is -0.140. The first kappa shape index (κ1) is 38.4. The molecule has 1 aromatic carbocycles. The second-order valence-electron chi connectivity index (χ2n) is 4.84. The fourth-order valence-corrected chi connectivity index (χ4v) is 0.937. The first-order valence-corrected chi connectivity index (χ1v) is 8.45. The van der Waals surface area contributed by atoms with Crippen LogP contribution in [-0.4, -0.2) is 55.5 Å². The van der Waals surface area contributed by atoms with Crippen LogP contribution in [0.5, 0.6) is 0 Å². The Morgan fingerprint density at radius 1 is 1.03 bits per heavy atom. The highest BCUT2D eigenvalue weighted by molar-refractivity contribution is 7.78. The summed E-state index contributed by atoms with van der Waals surface area (Å²) >= 11 is 3.81. The number of aryl methyl sites for hydroxylation is 1. The maximum atomic E-state index is 9.99. The molecule has 0 bridgehead atoms. The Balaban J connectivity index is -0.0000000941. The molecule has 14 heteroatoms. The average molecular weight is 466 g/mol. The van der Waals surface area contributed by atoms with Gasteiger partial charge in [0.05, 0.1) is 5.16 Å². The number of thiocarbonyl (C=S) groups is 1. The molecule has 0 spiro atoms. The van der Waals surface area contributed by atoms with Gasteiger partial charge in [-0.15, -0.1) is 0 Å². The molecule has 1 rings (SSSR count). The quantitative estimate of drug-likeness (QED) is 0.126. The Bertz CT molecular complexity index is 606. The molecule has 0 saturated carbocycles. The highest BCUT2D eigenvalue weighted by Gasteiger charge is 2.12. The van der Waals surface area contributed by atoms with Crippen LogP contribution < -0.4 is 23.0 Å². The number of hydrazine groups is 2. The first-order chi connectivity index (χ1) is 14.2. The van der Waals surface area contributed by atoms with E-state index in [-0.39, 0.29) is 12.8 Å². The zero-order valence-corrected chi connectivity index (χ0v) is 18.3. The third kappa shape index (κ3) is 86.7. The number of carbonyl (C=O) groups is 4. The molecule has 0 saturated heterocycles. The lowest BCUT2D eigenvalue weighted by Gasteiger charge is -2.01. The summed E-state index contributed by atoms with van der Waals surface area (Å²) in [5, 5.41) is 38.5. The summed E-state index contributed by atoms with van der Waals surface area (Å²) in [4.78, 5) is 37.9. The maximum absolute atomic E-state index is 9.99. The number of hydrogen-bond donors (Lipinski definition) is 9. The first-order valence-electron chi connectivity index (χ1n) is 8.04. The summed E-state index contributed by atoms with van der Waals surface area (Å²) in [5.74, 6) is 4.89. The van der Waals surface area contributed by atoms with Crippen molar-refractivity contribution in [2.75, 3.05) is 0 Å². The molecule has 178 valence electrons. The van der Waals surface area contributed by atoms with E-state index in [9.17, 15) is 9.59 Å². The van der Waals surface area contributed by atoms with Gasteiger partial charge in [0.2, 0.25) is 0 Å². The average Bonchev–Trinajstić information content (AvgIpc) is 2.61. The fraction of sp³-hybridized carbons (Fsp3) is 0.353. The zero-order valence-electron chi connectivity index (χ0n) is 17.4. The summed E-state index contributed by atoms with van der Waals surface area (Å²) in [6, 6.07) is 9.20. The Kier molecular flexibility index (Phi) is 38.9. The van der Waals surface area contributed by atoms with Gasteiger partial charge in [0.15, 0.2) is 0 Å². The second-order valence-corrected chi connectivity index (χ2v) is 5.04. The summed E-state index contributed by atoms with van der Waals surface area (Å²) in [6.45, 7) is 4.25. The van der Waals surface area contributed by atoms with Gasteiger partial charge in [-0.1, -0.05) is 35.9 Å². The molecule has 13 nitrogen and oxygen atoms in total. The smallest absolute Gasteiger partial charge is 0.320 e. The van der Waals surface area contributed by atoms with Crippen molar-refractivity contribution in [3.63, 3.8) is 0 Å². The molecule has 0 fully saturated rings. The van der Waals surface area contributed by atoms with E-state index in [2.05, 4.69) is 43.0 Å². The van der Waals surface area contributed by atoms with Crippen LogP contribution in [0, 0.1) is 12.3 Å². The van der Waals surface area contributed by atoms with Crippen molar-refractivity contribution in [1.82, 2.24) is 5.53 Å². The molecular weight excluding hydrogens is 434 g/mol. The minimum atomic E-state index is -1.17. The van der Waals surface area contributed by atoms with E-state index in [0.717, 1.165) is 13.8 Å². The van der Waals surface area contributed by atoms with Crippen molar-refractivity contribution in [3.8, 4) is 0 Å². The van der Waals surface area contributed by atoms with E-state index < -0.39 is 29.9 Å². The van der Waals surface area contributed by atoms with Gasteiger partial charge in [0.1, 0.15) is 6.04 Å². The van der Waals surface area contributed by atoms with Gasteiger partial charge >= 0.3 is 11.9 Å². The van der Waals surface area contributed by atoms with Crippen molar-refractivity contribution in [1.29, 1.82) is 5.41 Å². The Morgan fingerprint density at radius 2 is 1.32 bits per heavy atom. The lowest BCUT2D eigenvalue weighted by atomic mass is 10.2. The van der Waals surface area contributed by atoms with Crippen LogP contribution in [0.4, 0.5) is 0 Å². The largest absolute Gasteiger partial charge is 0.481 e. The standard InChI is InChI=1S/C7H8.C5H9NO4.2C2H4O2.CHNS.H5N3/c1-7-5-3-2-4-6-7;6-3(5(9)10)1-2-4(7)8;2*1-2(3)4;2-1-3;1-3-2/h2-6H,1H3;3H,1-2,6H2,(H,7,8)(H,9,10);2*1H3,(H,3,4);2H;3H,1-2H2/t;3-;;;;/m.0..../s1. The van der Waals surface area contributed by atoms with Gasteiger partial charge in [0, 0.05) is 20.3 Å². The topological polar surface area (TPSA) is 263 Å². The zero-order chi connectivity index (χ0) is 25.8. The third-order valence-corrected chi connectivity index (χ3v) is 1.93. The summed E-state index contributed by atoms with van der Waals surface area (Å²) in [6.07, 6.45) is -0.224. The van der Waals surface area contributed by atoms with Crippen LogP contribution in [0.2, 0.25) is 0 Å². The number of isothiocyanates is 1. The fourth-order valence-electron chi connectivity index (χ4n) is 0.937. The van der Waals surface area contributed by atoms with Gasteiger partial charge in [0.25, 0.3) is 11.9 Å². The van der Waals surface area contributed by atoms with Crippen molar-refractivity contribution in [3.05, 3.63) is 35.9 Å². The Morgan fingerprint density at radius 3 is 1.48 bits per heavy atom. The predicted octanol–water partition coefficient (Wildman–Crippen LogP) is 0.431. The van der Waals surface area contributed by atoms with Crippen LogP contribution in [0.1, 0.15) is 32.3 Å². The summed E-state index contributed by atoms with van der Waals surface area (Å²) in [7, 11) is 0. The molecule has 0 aliphatic heterocycles. The monoisotopic (exact) mass is 465 g/mol. The van der Waals surface area contributed by atoms with Crippen LogP contribution in [-0.2, 0) is 19.2 Å². The van der Waals surface area contributed by atoms with Gasteiger partial charge in [-0.25, -0.2) is 5.41 Å². The molecule has 12 N–H and O–H groups in total. The normalized spacial score (nSPS) is 8.45. The van der Waals surface area contributed by atoms with E-state index >= 15 is 0 Å². The summed E-state index contributed by atoms with van der Waals surface area (Å²) in [5.41, 5.74) is 8.07. The molecule has 0 aliphatic carbocycles. The molecule has 0 unspecified atom stereocenters. The van der Waals surface area contributed by atoms with Crippen LogP contribution in [0.25, 0.3) is 0 Å². The predicted molar refractivity (Wildman–Crippen MR) is 117 cm³/mol. The van der Waals surface area contributed by atoms with Gasteiger partial charge in [-0.3, -0.25) is 30.9 Å². The van der Waals surface area contributed by atoms with Crippen LogP contribution >= 0.6 is 12.2 Å². The number of carboxylic acids is 4. The minimum Gasteiger partial charge on any atom is -0.481 e. The number of nitrogens with one attached hydrogen (secondary N) is 2. The molecule has 1 atom stereocenters. The third-order valence-electron chi connectivity index (χ3n) is 1.93. The number of carboxylic acid groups (broad SMARTS) is 4. The van der Waals surface area contributed by atoms with E-state index in [1.54, 1.807) is 10.7 Å². The molecule has 31 heavy (non-hydrogen) atoms. The van der Waals surface area contributed by atoms with E-state index in [1.165, 1.54) is 5.56 Å². The minimum absolute atomic E-state index is 0.0231. The van der Waals surface area contributed by atoms with E-state index in [1.807, 2.05) is 18.2 Å². The molecule has 0 radical (unpaired) electrons. The molecule has 0 amide bonds. The van der Waals surface area contributed by atoms with Crippen molar-refractivity contribution >= 4 is 41.3 Å². The number of hydrogen-bond acceptors (Lipinski definition) is 10. The molecule has 0 aliphatic rings. The molecule has 0 aromatic heterocycles. The second kappa shape index (κ2) is 31.4.